The van der Waals surface area contributed by atoms with Crippen molar-refractivity contribution in [2.75, 3.05) is 0 Å². The molecule has 0 saturated heterocycles. The molecule has 0 aliphatic heterocycles. The number of ether oxygens (including phenoxy) is 1. The van der Waals surface area contributed by atoms with Gasteiger partial charge in [-0.25, -0.2) is 5.43 Å². The van der Waals surface area contributed by atoms with Crippen LogP contribution in [-0.4, -0.2) is 12.1 Å². The lowest BCUT2D eigenvalue weighted by molar-refractivity contribution is -0.120. The molecule has 1 N–H and O–H groups in total. The molecule has 0 saturated carbocycles. The number of carbonyl (C=O) groups is 1. The normalized spacial score (nSPS) is 10.9. The van der Waals surface area contributed by atoms with Crippen LogP contribution in [0.2, 0.25) is 5.02 Å². The Morgan fingerprint density at radius 1 is 1.00 bits per heavy atom. The Morgan fingerprint density at radius 2 is 1.76 bits per heavy atom. The maximum absolute atomic E-state index is 12.1. The van der Waals surface area contributed by atoms with Crippen LogP contribution in [0.5, 0.6) is 5.75 Å². The molecule has 0 unspecified atom stereocenters. The summed E-state index contributed by atoms with van der Waals surface area (Å²) in [6, 6.07) is 20.7. The molecule has 0 bridgehead atoms. The lowest BCUT2D eigenvalue weighted by Crippen LogP contribution is -2.19. The highest BCUT2D eigenvalue weighted by atomic mass is 79.9. The number of hydrogen-bond acceptors (Lipinski definition) is 3. The number of nitrogens with zero attached hydrogens (tertiary/aromatic N) is 1. The van der Waals surface area contributed by atoms with E-state index in [4.69, 9.17) is 16.3 Å². The molecule has 0 heterocycles. The smallest absolute Gasteiger partial charge is 0.244 e. The van der Waals surface area contributed by atoms with E-state index in [9.17, 15) is 4.79 Å². The van der Waals surface area contributed by atoms with Gasteiger partial charge in [-0.05, 0) is 53.6 Å². The van der Waals surface area contributed by atoms with Crippen molar-refractivity contribution >= 4 is 55.6 Å². The molecular formula is C22H17Br2ClN2O2. The van der Waals surface area contributed by atoms with Gasteiger partial charge in [0.1, 0.15) is 12.4 Å². The first-order valence-electron chi connectivity index (χ1n) is 8.73. The highest BCUT2D eigenvalue weighted by molar-refractivity contribution is 9.10. The Labute approximate surface area is 191 Å². The molecule has 3 aromatic carbocycles. The average Bonchev–Trinajstić information content (AvgIpc) is 2.69. The van der Waals surface area contributed by atoms with Crippen molar-refractivity contribution in [3.05, 3.63) is 97.4 Å². The van der Waals surface area contributed by atoms with Crippen molar-refractivity contribution in [1.82, 2.24) is 5.43 Å². The minimum absolute atomic E-state index is 0.213. The van der Waals surface area contributed by atoms with Crippen LogP contribution < -0.4 is 10.2 Å². The van der Waals surface area contributed by atoms with Gasteiger partial charge in [0, 0.05) is 19.5 Å². The summed E-state index contributed by atoms with van der Waals surface area (Å²) in [6.45, 7) is 0.421. The second-order valence-corrected chi connectivity index (χ2v) is 8.46. The van der Waals surface area contributed by atoms with Crippen molar-refractivity contribution in [3.63, 3.8) is 0 Å². The topological polar surface area (TPSA) is 50.7 Å². The Hall–Kier alpha value is -2.15. The van der Waals surface area contributed by atoms with E-state index in [1.54, 1.807) is 18.3 Å². The number of hydrogen-bond donors (Lipinski definition) is 1. The fourth-order valence-electron chi connectivity index (χ4n) is 2.54. The van der Waals surface area contributed by atoms with E-state index in [0.717, 1.165) is 25.6 Å². The largest absolute Gasteiger partial charge is 0.488 e. The Balaban J connectivity index is 1.62. The Morgan fingerprint density at radius 3 is 2.52 bits per heavy atom. The van der Waals surface area contributed by atoms with Crippen LogP contribution >= 0.6 is 43.5 Å². The SMILES string of the molecule is O=C(Cc1ccc(Cl)cc1)N/N=C\c1cc(Br)ccc1OCc1cccc(Br)c1. The third-order valence-electron chi connectivity index (χ3n) is 3.93. The van der Waals surface area contributed by atoms with Crippen LogP contribution in [0.25, 0.3) is 0 Å². The van der Waals surface area contributed by atoms with Crippen LogP contribution in [0.3, 0.4) is 0 Å². The summed E-state index contributed by atoms with van der Waals surface area (Å²) in [5.41, 5.74) is 5.20. The lowest BCUT2D eigenvalue weighted by atomic mass is 10.1. The molecule has 3 rings (SSSR count). The third kappa shape index (κ3) is 6.99. The number of carbonyl (C=O) groups excluding carboxylic acids is 1. The molecule has 3 aromatic rings. The molecular weight excluding hydrogens is 520 g/mol. The molecule has 0 spiro atoms. The number of hydrazone groups is 1. The average molecular weight is 537 g/mol. The van der Waals surface area contributed by atoms with Gasteiger partial charge in [-0.1, -0.05) is 67.7 Å². The van der Waals surface area contributed by atoms with Crippen molar-refractivity contribution < 1.29 is 9.53 Å². The molecule has 0 aliphatic carbocycles. The van der Waals surface area contributed by atoms with E-state index in [0.29, 0.717) is 17.4 Å². The summed E-state index contributed by atoms with van der Waals surface area (Å²) in [6.07, 6.45) is 1.79. The van der Waals surface area contributed by atoms with Gasteiger partial charge >= 0.3 is 0 Å². The lowest BCUT2D eigenvalue weighted by Gasteiger charge is -2.10. The maximum atomic E-state index is 12.1. The van der Waals surface area contributed by atoms with Crippen molar-refractivity contribution in [3.8, 4) is 5.75 Å². The quantitative estimate of drug-likeness (QED) is 0.292. The third-order valence-corrected chi connectivity index (χ3v) is 5.16. The van der Waals surface area contributed by atoms with E-state index in [1.165, 1.54) is 0 Å². The molecule has 1 amide bonds. The van der Waals surface area contributed by atoms with Gasteiger partial charge in [-0.2, -0.15) is 5.10 Å². The standard InChI is InChI=1S/C22H17Br2ClN2O2/c23-18-3-1-2-16(10-18)14-29-21-9-6-19(24)12-17(21)13-26-27-22(28)11-15-4-7-20(25)8-5-15/h1-10,12-13H,11,14H2,(H,27,28)/b26-13-. The molecule has 7 heteroatoms. The van der Waals surface area contributed by atoms with E-state index in [-0.39, 0.29) is 12.3 Å². The van der Waals surface area contributed by atoms with E-state index in [2.05, 4.69) is 42.4 Å². The molecule has 4 nitrogen and oxygen atoms in total. The fraction of sp³-hybridized carbons (Fsp3) is 0.0909. The molecule has 148 valence electrons. The van der Waals surface area contributed by atoms with Crippen molar-refractivity contribution in [1.29, 1.82) is 0 Å². The summed E-state index contributed by atoms with van der Waals surface area (Å²) < 4.78 is 7.83. The summed E-state index contributed by atoms with van der Waals surface area (Å²) in [5, 5.41) is 4.70. The van der Waals surface area contributed by atoms with Gasteiger partial charge in [0.15, 0.2) is 0 Å². The number of nitrogens with one attached hydrogen (secondary N) is 1. The van der Waals surface area contributed by atoms with Crippen LogP contribution in [0.15, 0.2) is 80.8 Å². The number of amides is 1. The summed E-state index contributed by atoms with van der Waals surface area (Å²) in [5.74, 6) is 0.457. The van der Waals surface area contributed by atoms with E-state index < -0.39 is 0 Å². The van der Waals surface area contributed by atoms with Crippen LogP contribution in [0.1, 0.15) is 16.7 Å². The van der Waals surface area contributed by atoms with Crippen LogP contribution in [-0.2, 0) is 17.8 Å². The Kier molecular flexibility index (Phi) is 7.86. The minimum Gasteiger partial charge on any atom is -0.488 e. The molecule has 0 fully saturated rings. The first-order chi connectivity index (χ1) is 14.0. The molecule has 0 radical (unpaired) electrons. The van der Waals surface area contributed by atoms with Crippen molar-refractivity contribution in [2.24, 2.45) is 5.10 Å². The van der Waals surface area contributed by atoms with Crippen LogP contribution in [0.4, 0.5) is 0 Å². The van der Waals surface area contributed by atoms with E-state index >= 15 is 0 Å². The highest BCUT2D eigenvalue weighted by Crippen LogP contribution is 2.23. The number of benzene rings is 3. The predicted octanol–water partition coefficient (Wildman–Crippen LogP) is 6.14. The molecule has 0 aromatic heterocycles. The molecule has 29 heavy (non-hydrogen) atoms. The number of rotatable bonds is 7. The fourth-order valence-corrected chi connectivity index (χ4v) is 3.49. The summed E-state index contributed by atoms with van der Waals surface area (Å²) in [7, 11) is 0. The highest BCUT2D eigenvalue weighted by Gasteiger charge is 2.05. The first kappa shape index (κ1) is 21.6. The van der Waals surface area contributed by atoms with Gasteiger partial charge in [0.2, 0.25) is 5.91 Å². The van der Waals surface area contributed by atoms with Gasteiger partial charge < -0.3 is 4.74 Å². The zero-order valence-corrected chi connectivity index (χ0v) is 19.2. The zero-order chi connectivity index (χ0) is 20.6. The second kappa shape index (κ2) is 10.6. The zero-order valence-electron chi connectivity index (χ0n) is 15.2. The van der Waals surface area contributed by atoms with Gasteiger partial charge in [-0.3, -0.25) is 4.79 Å². The van der Waals surface area contributed by atoms with Gasteiger partial charge in [-0.15, -0.1) is 0 Å². The number of halogens is 3. The summed E-state index contributed by atoms with van der Waals surface area (Å²) in [4.78, 5) is 12.1. The predicted molar refractivity (Wildman–Crippen MR) is 124 cm³/mol. The molecule has 0 aliphatic rings. The second-order valence-electron chi connectivity index (χ2n) is 6.20. The molecule has 0 atom stereocenters. The maximum Gasteiger partial charge on any atom is 0.244 e. The van der Waals surface area contributed by atoms with E-state index in [1.807, 2.05) is 54.6 Å². The minimum atomic E-state index is -0.213. The first-order valence-corrected chi connectivity index (χ1v) is 10.7. The Bertz CT molecular complexity index is 1020. The van der Waals surface area contributed by atoms with Crippen molar-refractivity contribution in [2.45, 2.75) is 13.0 Å². The monoisotopic (exact) mass is 534 g/mol. The van der Waals surface area contributed by atoms with Gasteiger partial charge in [0.25, 0.3) is 0 Å². The summed E-state index contributed by atoms with van der Waals surface area (Å²) >= 11 is 12.8. The van der Waals surface area contributed by atoms with Gasteiger partial charge in [0.05, 0.1) is 12.6 Å². The van der Waals surface area contributed by atoms with Crippen LogP contribution in [0, 0.1) is 0 Å².